The molecule has 0 spiro atoms. The van der Waals surface area contributed by atoms with Gasteiger partial charge in [-0.05, 0) is 24.3 Å². The molecule has 1 aliphatic heterocycles. The Hall–Kier alpha value is -3.02. The summed E-state index contributed by atoms with van der Waals surface area (Å²) in [7, 11) is -4.22. The molecule has 0 radical (unpaired) electrons. The first-order valence-corrected chi connectivity index (χ1v) is 10.2. The van der Waals surface area contributed by atoms with Gasteiger partial charge >= 0.3 is 0 Å². The molecule has 0 atom stereocenters. The molecule has 160 valence electrons. The van der Waals surface area contributed by atoms with Crippen molar-refractivity contribution in [2.75, 3.05) is 18.0 Å². The molecule has 0 bridgehead atoms. The highest BCUT2D eigenvalue weighted by atomic mass is 32.2. The van der Waals surface area contributed by atoms with Crippen LogP contribution in [0.4, 0.5) is 23.4 Å². The molecule has 1 aromatic carbocycles. The summed E-state index contributed by atoms with van der Waals surface area (Å²) in [5.74, 6) is -6.32. The van der Waals surface area contributed by atoms with Gasteiger partial charge in [-0.2, -0.15) is 9.37 Å². The fraction of sp³-hybridized carbons (Fsp3) is 0.278. The van der Waals surface area contributed by atoms with Crippen LogP contribution < -0.4 is 9.62 Å². The predicted octanol–water partition coefficient (Wildman–Crippen LogP) is 2.86. The maximum atomic E-state index is 14.6. The molecule has 2 heterocycles. The molecule has 3 rings (SSSR count). The van der Waals surface area contributed by atoms with Crippen molar-refractivity contribution in [1.29, 1.82) is 0 Å². The molecule has 0 aliphatic carbocycles. The molecule has 2 aromatic rings. The first kappa shape index (κ1) is 21.7. The molecule has 0 saturated carbocycles. The third kappa shape index (κ3) is 4.75. The molecule has 1 fully saturated rings. The van der Waals surface area contributed by atoms with Crippen LogP contribution in [-0.4, -0.2) is 43.3 Å². The fourth-order valence-corrected chi connectivity index (χ4v) is 3.28. The van der Waals surface area contributed by atoms with Crippen LogP contribution >= 0.6 is 0 Å². The van der Waals surface area contributed by atoms with Gasteiger partial charge in [-0.1, -0.05) is 6.58 Å². The Morgan fingerprint density at radius 2 is 1.73 bits per heavy atom. The summed E-state index contributed by atoms with van der Waals surface area (Å²) in [4.78, 5) is 21.2. The Kier molecular flexibility index (Phi) is 5.79. The van der Waals surface area contributed by atoms with Crippen molar-refractivity contribution in [3.05, 3.63) is 53.7 Å². The van der Waals surface area contributed by atoms with E-state index < -0.39 is 52.2 Å². The number of carbonyl (C=O) groups is 1. The van der Waals surface area contributed by atoms with Crippen LogP contribution in [0.2, 0.25) is 0 Å². The molecule has 0 unspecified atom stereocenters. The summed E-state index contributed by atoms with van der Waals surface area (Å²) in [6.07, 6.45) is -0.974. The maximum absolute atomic E-state index is 14.6. The van der Waals surface area contributed by atoms with Crippen LogP contribution in [0.5, 0.6) is 0 Å². The molecule has 12 heteroatoms. The smallest absolute Gasteiger partial charge is 0.288 e. The van der Waals surface area contributed by atoms with Gasteiger partial charge in [0.05, 0.1) is 0 Å². The van der Waals surface area contributed by atoms with E-state index in [1.54, 1.807) is 4.72 Å². The van der Waals surface area contributed by atoms with Gasteiger partial charge in [-0.25, -0.2) is 31.3 Å². The van der Waals surface area contributed by atoms with E-state index in [2.05, 4.69) is 16.5 Å². The normalized spacial score (nSPS) is 16.2. The quantitative estimate of drug-likeness (QED) is 0.713. The third-order valence-electron chi connectivity index (χ3n) is 4.42. The molecular formula is C18H16F4N4O3S. The summed E-state index contributed by atoms with van der Waals surface area (Å²) in [6, 6.07) is 4.77. The number of sulfonamides is 1. The van der Waals surface area contributed by atoms with Gasteiger partial charge in [0.2, 0.25) is 5.95 Å². The summed E-state index contributed by atoms with van der Waals surface area (Å²) < 4.78 is 79.5. The third-order valence-corrected chi connectivity index (χ3v) is 5.33. The van der Waals surface area contributed by atoms with Crippen LogP contribution in [-0.2, 0) is 10.0 Å². The number of amides is 1. The van der Waals surface area contributed by atoms with Crippen LogP contribution in [0.25, 0.3) is 11.3 Å². The molecule has 1 aromatic heterocycles. The Labute approximate surface area is 169 Å². The van der Waals surface area contributed by atoms with E-state index in [9.17, 15) is 30.8 Å². The van der Waals surface area contributed by atoms with E-state index >= 15 is 0 Å². The lowest BCUT2D eigenvalue weighted by molar-refractivity contribution is -0.0221. The average Bonchev–Trinajstić information content (AvgIpc) is 2.68. The standard InChI is InChI=1S/C18H16F4N4O3S/c1-2-30(28,29)25-17(27)14-15(20)24-16(26-9-7-18(21,22)8-10-26)13(23-14)11-3-5-12(19)6-4-11/h2-6H,1,7-10H2,(H,25,27). The zero-order valence-corrected chi connectivity index (χ0v) is 16.2. The molecule has 30 heavy (non-hydrogen) atoms. The number of hydrogen-bond donors (Lipinski definition) is 1. The maximum Gasteiger partial charge on any atom is 0.288 e. The molecule has 1 amide bonds. The summed E-state index contributed by atoms with van der Waals surface area (Å²) in [5, 5.41) is 0.458. The molecule has 1 aliphatic rings. The monoisotopic (exact) mass is 444 g/mol. The van der Waals surface area contributed by atoms with E-state index in [4.69, 9.17) is 0 Å². The van der Waals surface area contributed by atoms with Gasteiger partial charge in [-0.3, -0.25) is 4.79 Å². The van der Waals surface area contributed by atoms with Crippen molar-refractivity contribution in [2.24, 2.45) is 0 Å². The topological polar surface area (TPSA) is 92.3 Å². The van der Waals surface area contributed by atoms with Crippen molar-refractivity contribution in [3.8, 4) is 11.3 Å². The Morgan fingerprint density at radius 1 is 1.13 bits per heavy atom. The second-order valence-electron chi connectivity index (χ2n) is 6.53. The number of aromatic nitrogens is 2. The van der Waals surface area contributed by atoms with E-state index in [1.807, 2.05) is 0 Å². The van der Waals surface area contributed by atoms with Gasteiger partial charge in [0, 0.05) is 36.9 Å². The largest absolute Gasteiger partial charge is 0.354 e. The lowest BCUT2D eigenvalue weighted by atomic mass is 10.1. The number of nitrogens with zero attached hydrogens (tertiary/aromatic N) is 3. The highest BCUT2D eigenvalue weighted by Crippen LogP contribution is 2.34. The predicted molar refractivity (Wildman–Crippen MR) is 100 cm³/mol. The van der Waals surface area contributed by atoms with Gasteiger partial charge < -0.3 is 4.90 Å². The second kappa shape index (κ2) is 8.01. The SMILES string of the molecule is C=CS(=O)(=O)NC(=O)c1nc(-c2ccc(F)cc2)c(N2CCC(F)(F)CC2)nc1F. The zero-order valence-electron chi connectivity index (χ0n) is 15.4. The number of piperidine rings is 1. The fourth-order valence-electron chi connectivity index (χ4n) is 2.84. The second-order valence-corrected chi connectivity index (χ2v) is 8.16. The Balaban J connectivity index is 2.08. The molecular weight excluding hydrogens is 428 g/mol. The summed E-state index contributed by atoms with van der Waals surface area (Å²) >= 11 is 0. The van der Waals surface area contributed by atoms with Crippen LogP contribution in [0.15, 0.2) is 36.3 Å². The summed E-state index contributed by atoms with van der Waals surface area (Å²) in [6.45, 7) is 2.73. The first-order chi connectivity index (χ1) is 14.0. The first-order valence-electron chi connectivity index (χ1n) is 8.67. The van der Waals surface area contributed by atoms with Crippen molar-refractivity contribution in [2.45, 2.75) is 18.8 Å². The number of benzene rings is 1. The van der Waals surface area contributed by atoms with Crippen molar-refractivity contribution < 1.29 is 30.8 Å². The highest BCUT2D eigenvalue weighted by molar-refractivity contribution is 7.92. The van der Waals surface area contributed by atoms with Crippen LogP contribution in [0.1, 0.15) is 23.3 Å². The lowest BCUT2D eigenvalue weighted by Crippen LogP contribution is -2.40. The van der Waals surface area contributed by atoms with E-state index in [-0.39, 0.29) is 30.2 Å². The molecule has 1 saturated heterocycles. The van der Waals surface area contributed by atoms with Gasteiger partial charge in [0.15, 0.2) is 11.5 Å². The number of hydrogen-bond acceptors (Lipinski definition) is 6. The van der Waals surface area contributed by atoms with E-state index in [0.717, 1.165) is 12.1 Å². The lowest BCUT2D eigenvalue weighted by Gasteiger charge is -2.33. The minimum Gasteiger partial charge on any atom is -0.354 e. The van der Waals surface area contributed by atoms with Crippen molar-refractivity contribution in [1.82, 2.24) is 14.7 Å². The number of rotatable bonds is 5. The average molecular weight is 444 g/mol. The van der Waals surface area contributed by atoms with Gasteiger partial charge in [0.25, 0.3) is 21.9 Å². The van der Waals surface area contributed by atoms with E-state index in [1.165, 1.54) is 17.0 Å². The minimum absolute atomic E-state index is 0.0808. The van der Waals surface area contributed by atoms with Gasteiger partial charge in [0.1, 0.15) is 11.5 Å². The van der Waals surface area contributed by atoms with Crippen LogP contribution in [0, 0.1) is 11.8 Å². The van der Waals surface area contributed by atoms with Crippen molar-refractivity contribution in [3.63, 3.8) is 0 Å². The minimum atomic E-state index is -4.22. The molecule has 7 nitrogen and oxygen atoms in total. The number of carbonyl (C=O) groups excluding carboxylic acids is 1. The van der Waals surface area contributed by atoms with Crippen molar-refractivity contribution >= 4 is 21.7 Å². The Bertz CT molecular complexity index is 1080. The molecule has 1 N–H and O–H groups in total. The number of nitrogens with one attached hydrogen (secondary N) is 1. The number of halogens is 4. The highest BCUT2D eigenvalue weighted by Gasteiger charge is 2.36. The summed E-state index contributed by atoms with van der Waals surface area (Å²) in [5.41, 5.74) is -0.773. The van der Waals surface area contributed by atoms with E-state index in [0.29, 0.717) is 5.41 Å². The number of anilines is 1. The zero-order chi connectivity index (χ0) is 22.1. The Morgan fingerprint density at radius 3 is 2.30 bits per heavy atom. The van der Waals surface area contributed by atoms with Gasteiger partial charge in [-0.15, -0.1) is 0 Å². The van der Waals surface area contributed by atoms with Crippen LogP contribution in [0.3, 0.4) is 0 Å². The number of alkyl halides is 2.